The number of ether oxygens (including phenoxy) is 2. The van der Waals surface area contributed by atoms with Gasteiger partial charge in [0.1, 0.15) is 11.8 Å². The van der Waals surface area contributed by atoms with E-state index in [9.17, 15) is 9.59 Å². The minimum absolute atomic E-state index is 0.142. The molecule has 0 heterocycles. The molecule has 1 atom stereocenters. The minimum atomic E-state index is -0.725. The number of amides is 1. The molecule has 0 saturated heterocycles. The lowest BCUT2D eigenvalue weighted by molar-refractivity contribution is -0.144. The Kier molecular flexibility index (Phi) is 7.44. The summed E-state index contributed by atoms with van der Waals surface area (Å²) in [4.78, 5) is 23.5. The van der Waals surface area contributed by atoms with Crippen LogP contribution in [0.4, 0.5) is 0 Å². The van der Waals surface area contributed by atoms with E-state index in [4.69, 9.17) is 9.47 Å². The number of hydrogen-bond acceptors (Lipinski definition) is 5. The third kappa shape index (κ3) is 5.16. The number of halogens is 1. The first kappa shape index (κ1) is 17.7. The van der Waals surface area contributed by atoms with Crippen LogP contribution < -0.4 is 15.4 Å². The fourth-order valence-corrected chi connectivity index (χ4v) is 2.63. The Morgan fingerprint density at radius 3 is 2.62 bits per heavy atom. The van der Waals surface area contributed by atoms with Crippen molar-refractivity contribution in [1.29, 1.82) is 0 Å². The average Bonchev–Trinajstić information content (AvgIpc) is 2.48. The first-order valence-corrected chi connectivity index (χ1v) is 7.44. The van der Waals surface area contributed by atoms with Crippen molar-refractivity contribution in [3.05, 3.63) is 27.3 Å². The van der Waals surface area contributed by atoms with Crippen LogP contribution in [0.15, 0.2) is 18.2 Å². The van der Waals surface area contributed by atoms with Gasteiger partial charge in [-0.1, -0.05) is 12.1 Å². The van der Waals surface area contributed by atoms with E-state index in [2.05, 4.69) is 33.2 Å². The summed E-state index contributed by atoms with van der Waals surface area (Å²) in [5.41, 5.74) is 0.912. The van der Waals surface area contributed by atoms with Crippen molar-refractivity contribution in [2.75, 3.05) is 27.8 Å². The zero-order valence-corrected chi connectivity index (χ0v) is 14.4. The zero-order valence-electron chi connectivity index (χ0n) is 12.2. The fourth-order valence-electron chi connectivity index (χ4n) is 1.83. The Balaban J connectivity index is 2.91. The number of likely N-dealkylation sites (N-methyl/N-ethyl adjacent to an activating group) is 1. The van der Waals surface area contributed by atoms with Crippen LogP contribution in [-0.4, -0.2) is 45.7 Å². The summed E-state index contributed by atoms with van der Waals surface area (Å²) >= 11 is 2.16. The van der Waals surface area contributed by atoms with E-state index in [0.29, 0.717) is 6.42 Å². The maximum atomic E-state index is 11.8. The van der Waals surface area contributed by atoms with Crippen molar-refractivity contribution in [2.24, 2.45) is 0 Å². The van der Waals surface area contributed by atoms with Crippen LogP contribution in [0.5, 0.6) is 5.75 Å². The minimum Gasteiger partial charge on any atom is -0.496 e. The number of methoxy groups -OCH3 is 2. The van der Waals surface area contributed by atoms with Crippen molar-refractivity contribution in [1.82, 2.24) is 10.6 Å². The molecule has 0 aromatic heterocycles. The number of carbonyl (C=O) groups is 2. The monoisotopic (exact) mass is 406 g/mol. The van der Waals surface area contributed by atoms with Gasteiger partial charge in [-0.05, 0) is 41.3 Å². The summed E-state index contributed by atoms with van der Waals surface area (Å²) in [5, 5.41) is 5.40. The first-order valence-electron chi connectivity index (χ1n) is 6.36. The van der Waals surface area contributed by atoms with Gasteiger partial charge in [0.25, 0.3) is 0 Å². The van der Waals surface area contributed by atoms with E-state index in [-0.39, 0.29) is 12.5 Å². The second-order valence-electron chi connectivity index (χ2n) is 4.31. The molecule has 1 rings (SSSR count). The molecule has 0 bridgehead atoms. The first-order chi connectivity index (χ1) is 10.0. The molecule has 1 aromatic rings. The summed E-state index contributed by atoms with van der Waals surface area (Å²) in [6.07, 6.45) is 0.345. The summed E-state index contributed by atoms with van der Waals surface area (Å²) in [7, 11) is 4.56. The number of esters is 1. The van der Waals surface area contributed by atoms with E-state index < -0.39 is 12.0 Å². The molecular weight excluding hydrogens is 387 g/mol. The summed E-state index contributed by atoms with van der Waals surface area (Å²) < 4.78 is 10.9. The molecule has 0 fully saturated rings. The van der Waals surface area contributed by atoms with E-state index in [1.807, 2.05) is 18.2 Å². The predicted octanol–water partition coefficient (Wildman–Crippen LogP) is 0.720. The molecule has 21 heavy (non-hydrogen) atoms. The Bertz CT molecular complexity index is 508. The number of nitrogens with one attached hydrogen (secondary N) is 2. The predicted molar refractivity (Wildman–Crippen MR) is 87.3 cm³/mol. The molecule has 7 heteroatoms. The van der Waals surface area contributed by atoms with Gasteiger partial charge in [0.15, 0.2) is 0 Å². The molecule has 1 aromatic carbocycles. The van der Waals surface area contributed by atoms with Gasteiger partial charge in [-0.3, -0.25) is 4.79 Å². The van der Waals surface area contributed by atoms with Crippen LogP contribution in [0.3, 0.4) is 0 Å². The van der Waals surface area contributed by atoms with Gasteiger partial charge in [0.05, 0.1) is 24.3 Å². The van der Waals surface area contributed by atoms with Crippen molar-refractivity contribution in [3.8, 4) is 5.75 Å². The van der Waals surface area contributed by atoms with Gasteiger partial charge in [-0.15, -0.1) is 0 Å². The lowest BCUT2D eigenvalue weighted by Gasteiger charge is -2.18. The number of rotatable bonds is 7. The topological polar surface area (TPSA) is 76.7 Å². The quantitative estimate of drug-likeness (QED) is 0.516. The molecule has 1 unspecified atom stereocenters. The van der Waals surface area contributed by atoms with Gasteiger partial charge >= 0.3 is 5.97 Å². The van der Waals surface area contributed by atoms with E-state index in [0.717, 1.165) is 14.9 Å². The molecule has 0 saturated carbocycles. The molecule has 0 radical (unpaired) electrons. The molecule has 116 valence electrons. The standard InChI is InChI=1S/C14H19IN2O4/c1-16-8-12(18)17-10(14(19)21-3)7-9-5-4-6-11(20-2)13(9)15/h4-6,10,16H,7-8H2,1-3H3,(H,17,18). The molecule has 0 aliphatic rings. The third-order valence-corrected chi connectivity index (χ3v) is 4.07. The molecule has 2 N–H and O–H groups in total. The Morgan fingerprint density at radius 1 is 1.33 bits per heavy atom. The molecule has 0 spiro atoms. The van der Waals surface area contributed by atoms with Crippen molar-refractivity contribution >= 4 is 34.5 Å². The van der Waals surface area contributed by atoms with Crippen molar-refractivity contribution in [3.63, 3.8) is 0 Å². The largest absolute Gasteiger partial charge is 0.496 e. The van der Waals surface area contributed by atoms with E-state index in [1.165, 1.54) is 7.11 Å². The fraction of sp³-hybridized carbons (Fsp3) is 0.429. The molecule has 0 aliphatic heterocycles. The Morgan fingerprint density at radius 2 is 2.05 bits per heavy atom. The summed E-state index contributed by atoms with van der Waals surface area (Å²) in [6, 6.07) is 4.86. The second-order valence-corrected chi connectivity index (χ2v) is 5.39. The maximum absolute atomic E-state index is 11.8. The van der Waals surface area contributed by atoms with Gasteiger partial charge < -0.3 is 20.1 Å². The van der Waals surface area contributed by atoms with E-state index >= 15 is 0 Å². The number of carbonyl (C=O) groups excluding carboxylic acids is 2. The second kappa shape index (κ2) is 8.83. The number of benzene rings is 1. The molecule has 1 amide bonds. The van der Waals surface area contributed by atoms with Crippen LogP contribution >= 0.6 is 22.6 Å². The highest BCUT2D eigenvalue weighted by Crippen LogP contribution is 2.25. The van der Waals surface area contributed by atoms with Crippen LogP contribution in [0, 0.1) is 3.57 Å². The van der Waals surface area contributed by atoms with Crippen molar-refractivity contribution < 1.29 is 19.1 Å². The zero-order chi connectivity index (χ0) is 15.8. The maximum Gasteiger partial charge on any atom is 0.328 e. The van der Waals surface area contributed by atoms with Gasteiger partial charge in [0, 0.05) is 6.42 Å². The van der Waals surface area contributed by atoms with Crippen LogP contribution in [-0.2, 0) is 20.7 Å². The highest BCUT2D eigenvalue weighted by Gasteiger charge is 2.23. The normalized spacial score (nSPS) is 11.6. The SMILES string of the molecule is CNCC(=O)NC(Cc1cccc(OC)c1I)C(=O)OC. The lowest BCUT2D eigenvalue weighted by Crippen LogP contribution is -2.46. The smallest absolute Gasteiger partial charge is 0.328 e. The Hall–Kier alpha value is -1.35. The van der Waals surface area contributed by atoms with Crippen LogP contribution in [0.2, 0.25) is 0 Å². The van der Waals surface area contributed by atoms with Gasteiger partial charge in [-0.2, -0.15) is 0 Å². The van der Waals surface area contributed by atoms with Gasteiger partial charge in [0.2, 0.25) is 5.91 Å². The van der Waals surface area contributed by atoms with Crippen LogP contribution in [0.1, 0.15) is 5.56 Å². The molecule has 6 nitrogen and oxygen atoms in total. The lowest BCUT2D eigenvalue weighted by atomic mass is 10.1. The number of hydrogen-bond donors (Lipinski definition) is 2. The highest BCUT2D eigenvalue weighted by atomic mass is 127. The molecular formula is C14H19IN2O4. The third-order valence-electron chi connectivity index (χ3n) is 2.85. The summed E-state index contributed by atoms with van der Waals surface area (Å²) in [6.45, 7) is 0.142. The molecule has 0 aliphatic carbocycles. The van der Waals surface area contributed by atoms with Gasteiger partial charge in [-0.25, -0.2) is 4.79 Å². The van der Waals surface area contributed by atoms with Crippen molar-refractivity contribution in [2.45, 2.75) is 12.5 Å². The van der Waals surface area contributed by atoms with E-state index in [1.54, 1.807) is 14.2 Å². The Labute approximate surface area is 137 Å². The summed E-state index contributed by atoms with van der Waals surface area (Å²) in [5.74, 6) is 0.00199. The highest BCUT2D eigenvalue weighted by molar-refractivity contribution is 14.1. The average molecular weight is 406 g/mol. The van der Waals surface area contributed by atoms with Crippen LogP contribution in [0.25, 0.3) is 0 Å².